The molecule has 0 bridgehead atoms. The van der Waals surface area contributed by atoms with Crippen LogP contribution in [0.5, 0.6) is 0 Å². The lowest BCUT2D eigenvalue weighted by Crippen LogP contribution is -2.54. The number of carbonyl (C=O) groups is 4. The summed E-state index contributed by atoms with van der Waals surface area (Å²) in [6.07, 6.45) is -0.798. The van der Waals surface area contributed by atoms with Gasteiger partial charge in [0.1, 0.15) is 12.1 Å². The molecular formula is C18H22Cl2N2O6. The number of nitrogens with one attached hydrogen (secondary N) is 2. The van der Waals surface area contributed by atoms with Crippen LogP contribution >= 0.6 is 23.2 Å². The summed E-state index contributed by atoms with van der Waals surface area (Å²) in [5.74, 6) is -4.07. The van der Waals surface area contributed by atoms with Crippen LogP contribution in [0.1, 0.15) is 32.3 Å². The highest BCUT2D eigenvalue weighted by Gasteiger charge is 2.29. The van der Waals surface area contributed by atoms with Crippen LogP contribution in [0.2, 0.25) is 10.0 Å². The second kappa shape index (κ2) is 10.9. The van der Waals surface area contributed by atoms with E-state index in [1.54, 1.807) is 32.0 Å². The van der Waals surface area contributed by atoms with Crippen LogP contribution in [0, 0.1) is 5.92 Å². The molecule has 1 rings (SSSR count). The van der Waals surface area contributed by atoms with E-state index in [1.807, 2.05) is 0 Å². The third kappa shape index (κ3) is 7.36. The van der Waals surface area contributed by atoms with Gasteiger partial charge in [-0.1, -0.05) is 49.2 Å². The van der Waals surface area contributed by atoms with Gasteiger partial charge in [0.15, 0.2) is 0 Å². The molecule has 154 valence electrons. The maximum Gasteiger partial charge on any atom is 0.326 e. The topological polar surface area (TPSA) is 133 Å². The Bertz CT molecular complexity index is 754. The van der Waals surface area contributed by atoms with Crippen LogP contribution in [-0.2, 0) is 25.6 Å². The Morgan fingerprint density at radius 2 is 1.71 bits per heavy atom. The Morgan fingerprint density at radius 3 is 2.25 bits per heavy atom. The standard InChI is InChI=1S/C18H22Cl2N2O6/c1-9(2)16(17(26)21-12(18(27)28)6-7-14(24)25)22-13(23)8-10-4-3-5-11(19)15(10)20/h3-5,9,12,16H,6-8H2,1-2H3,(H,21,26)(H,22,23)(H,24,25)(H,27,28)/t12-,16+/m1/s1. The highest BCUT2D eigenvalue weighted by molar-refractivity contribution is 6.42. The maximum atomic E-state index is 12.5. The molecule has 0 aliphatic carbocycles. The summed E-state index contributed by atoms with van der Waals surface area (Å²) in [5.41, 5.74) is 0.486. The van der Waals surface area contributed by atoms with Crippen molar-refractivity contribution in [2.75, 3.05) is 0 Å². The third-order valence-electron chi connectivity index (χ3n) is 3.91. The van der Waals surface area contributed by atoms with Gasteiger partial charge in [-0.2, -0.15) is 0 Å². The van der Waals surface area contributed by atoms with Crippen molar-refractivity contribution < 1.29 is 29.4 Å². The van der Waals surface area contributed by atoms with E-state index >= 15 is 0 Å². The molecule has 0 aliphatic rings. The highest BCUT2D eigenvalue weighted by Crippen LogP contribution is 2.25. The van der Waals surface area contributed by atoms with Crippen LogP contribution in [0.25, 0.3) is 0 Å². The Kier molecular flexibility index (Phi) is 9.21. The van der Waals surface area contributed by atoms with Crippen LogP contribution in [0.3, 0.4) is 0 Å². The maximum absolute atomic E-state index is 12.5. The number of rotatable bonds is 10. The summed E-state index contributed by atoms with van der Waals surface area (Å²) in [7, 11) is 0. The number of halogens is 2. The lowest BCUT2D eigenvalue weighted by Gasteiger charge is -2.24. The summed E-state index contributed by atoms with van der Waals surface area (Å²) in [5, 5.41) is 23.2. The molecule has 0 saturated carbocycles. The van der Waals surface area contributed by atoms with Crippen molar-refractivity contribution in [3.8, 4) is 0 Å². The van der Waals surface area contributed by atoms with E-state index in [9.17, 15) is 19.2 Å². The van der Waals surface area contributed by atoms with Crippen LogP contribution in [0.4, 0.5) is 0 Å². The molecule has 4 N–H and O–H groups in total. The molecule has 0 spiro atoms. The van der Waals surface area contributed by atoms with Crippen molar-refractivity contribution in [1.29, 1.82) is 0 Å². The van der Waals surface area contributed by atoms with E-state index < -0.39 is 42.3 Å². The molecule has 0 fully saturated rings. The summed E-state index contributed by atoms with van der Waals surface area (Å²) < 4.78 is 0. The van der Waals surface area contributed by atoms with Crippen molar-refractivity contribution in [1.82, 2.24) is 10.6 Å². The van der Waals surface area contributed by atoms with Gasteiger partial charge in [-0.25, -0.2) is 4.79 Å². The van der Waals surface area contributed by atoms with E-state index in [2.05, 4.69) is 10.6 Å². The smallest absolute Gasteiger partial charge is 0.326 e. The minimum absolute atomic E-state index is 0.114. The largest absolute Gasteiger partial charge is 0.481 e. The van der Waals surface area contributed by atoms with Gasteiger partial charge in [-0.15, -0.1) is 0 Å². The summed E-state index contributed by atoms with van der Waals surface area (Å²) in [6.45, 7) is 3.37. The number of carboxylic acid groups (broad SMARTS) is 2. The fourth-order valence-corrected chi connectivity index (χ4v) is 2.79. The van der Waals surface area contributed by atoms with Crippen LogP contribution in [-0.4, -0.2) is 46.0 Å². The number of hydrogen-bond acceptors (Lipinski definition) is 4. The Morgan fingerprint density at radius 1 is 1.07 bits per heavy atom. The number of aliphatic carboxylic acids is 2. The monoisotopic (exact) mass is 432 g/mol. The van der Waals surface area contributed by atoms with Crippen LogP contribution < -0.4 is 10.6 Å². The predicted molar refractivity (Wildman–Crippen MR) is 103 cm³/mol. The molecule has 1 aromatic carbocycles. The van der Waals surface area contributed by atoms with E-state index in [0.29, 0.717) is 10.6 Å². The minimum atomic E-state index is -1.37. The fraction of sp³-hybridized carbons (Fsp3) is 0.444. The predicted octanol–water partition coefficient (Wildman–Crippen LogP) is 2.11. The number of carbonyl (C=O) groups excluding carboxylic acids is 2. The molecule has 0 unspecified atom stereocenters. The van der Waals surface area contributed by atoms with Crippen molar-refractivity contribution in [3.05, 3.63) is 33.8 Å². The van der Waals surface area contributed by atoms with Gasteiger partial charge in [0.25, 0.3) is 0 Å². The Balaban J connectivity index is 2.81. The number of carboxylic acids is 2. The number of benzene rings is 1. The second-order valence-corrected chi connectivity index (χ2v) is 7.30. The Hall–Kier alpha value is -2.32. The zero-order chi connectivity index (χ0) is 21.4. The second-order valence-electron chi connectivity index (χ2n) is 6.51. The third-order valence-corrected chi connectivity index (χ3v) is 4.77. The van der Waals surface area contributed by atoms with Gasteiger partial charge in [0.2, 0.25) is 11.8 Å². The average molecular weight is 433 g/mol. The molecular weight excluding hydrogens is 411 g/mol. The van der Waals surface area contributed by atoms with E-state index in [-0.39, 0.29) is 23.8 Å². The van der Waals surface area contributed by atoms with Gasteiger partial charge in [-0.3, -0.25) is 14.4 Å². The van der Waals surface area contributed by atoms with E-state index in [0.717, 1.165) is 0 Å². The van der Waals surface area contributed by atoms with Crippen molar-refractivity contribution in [2.45, 2.75) is 45.2 Å². The van der Waals surface area contributed by atoms with Gasteiger partial charge in [-0.05, 0) is 24.0 Å². The summed E-state index contributed by atoms with van der Waals surface area (Å²) in [4.78, 5) is 46.7. The zero-order valence-corrected chi connectivity index (χ0v) is 16.9. The minimum Gasteiger partial charge on any atom is -0.481 e. The first kappa shape index (κ1) is 23.7. The molecule has 0 aromatic heterocycles. The van der Waals surface area contributed by atoms with Crippen molar-refractivity contribution in [2.24, 2.45) is 5.92 Å². The van der Waals surface area contributed by atoms with Crippen molar-refractivity contribution >= 4 is 47.0 Å². The normalized spacial score (nSPS) is 12.9. The Labute approximate surface area is 172 Å². The van der Waals surface area contributed by atoms with Crippen LogP contribution in [0.15, 0.2) is 18.2 Å². The highest BCUT2D eigenvalue weighted by atomic mass is 35.5. The number of amides is 2. The van der Waals surface area contributed by atoms with E-state index in [4.69, 9.17) is 33.4 Å². The van der Waals surface area contributed by atoms with E-state index in [1.165, 1.54) is 0 Å². The SMILES string of the molecule is CC(C)[C@H](NC(=O)Cc1cccc(Cl)c1Cl)C(=O)N[C@H](CCC(=O)O)C(=O)O. The molecule has 0 aliphatic heterocycles. The quantitative estimate of drug-likeness (QED) is 0.447. The summed E-state index contributed by atoms with van der Waals surface area (Å²) in [6, 6.07) is 2.48. The molecule has 0 heterocycles. The lowest BCUT2D eigenvalue weighted by atomic mass is 10.0. The zero-order valence-electron chi connectivity index (χ0n) is 15.4. The van der Waals surface area contributed by atoms with Crippen molar-refractivity contribution in [3.63, 3.8) is 0 Å². The average Bonchev–Trinajstić information content (AvgIpc) is 2.59. The molecule has 10 heteroatoms. The van der Waals surface area contributed by atoms with Gasteiger partial charge >= 0.3 is 11.9 Å². The van der Waals surface area contributed by atoms with Gasteiger partial charge < -0.3 is 20.8 Å². The first-order valence-electron chi connectivity index (χ1n) is 8.50. The molecule has 1 aromatic rings. The summed E-state index contributed by atoms with van der Waals surface area (Å²) >= 11 is 12.0. The number of hydrogen-bond donors (Lipinski definition) is 4. The van der Waals surface area contributed by atoms with Gasteiger partial charge in [0.05, 0.1) is 16.5 Å². The lowest BCUT2D eigenvalue weighted by molar-refractivity contribution is -0.143. The molecule has 0 saturated heterocycles. The molecule has 28 heavy (non-hydrogen) atoms. The molecule has 8 nitrogen and oxygen atoms in total. The molecule has 2 amide bonds. The molecule has 2 atom stereocenters. The van der Waals surface area contributed by atoms with Gasteiger partial charge in [0, 0.05) is 6.42 Å². The molecule has 0 radical (unpaired) electrons. The first-order valence-corrected chi connectivity index (χ1v) is 9.25. The fourth-order valence-electron chi connectivity index (χ4n) is 2.40. The first-order chi connectivity index (χ1) is 13.0.